The maximum Gasteiger partial charge on any atom is 0.123 e. The molecule has 0 bridgehead atoms. The Morgan fingerprint density at radius 3 is 2.55 bits per heavy atom. The first-order valence-electron chi connectivity index (χ1n) is 6.88. The van der Waals surface area contributed by atoms with Gasteiger partial charge in [-0.25, -0.2) is 4.39 Å². The van der Waals surface area contributed by atoms with Gasteiger partial charge in [0.05, 0.1) is 19.3 Å². The van der Waals surface area contributed by atoms with E-state index in [1.54, 1.807) is 18.2 Å². The molecule has 1 atom stereocenters. The molecule has 0 spiro atoms. The zero-order chi connectivity index (χ0) is 15.0. The minimum absolute atomic E-state index is 0.234. The first-order chi connectivity index (χ1) is 9.52. The van der Waals surface area contributed by atoms with Gasteiger partial charge in [-0.2, -0.15) is 0 Å². The third-order valence-electron chi connectivity index (χ3n) is 3.02. The lowest BCUT2D eigenvalue weighted by molar-refractivity contribution is 0.0178. The molecule has 0 amide bonds. The number of hydrogen-bond donors (Lipinski definition) is 1. The number of rotatable bonds is 9. The lowest BCUT2D eigenvalue weighted by Crippen LogP contribution is -2.38. The molecule has 1 unspecified atom stereocenters. The van der Waals surface area contributed by atoms with Gasteiger partial charge in [-0.15, -0.1) is 6.58 Å². The van der Waals surface area contributed by atoms with E-state index in [2.05, 4.69) is 25.3 Å². The van der Waals surface area contributed by atoms with Crippen LogP contribution in [0.25, 0.3) is 0 Å². The fraction of sp³-hybridized carbons (Fsp3) is 0.500. The van der Waals surface area contributed by atoms with E-state index in [1.807, 2.05) is 0 Å². The van der Waals surface area contributed by atoms with Crippen LogP contribution < -0.4 is 0 Å². The maximum atomic E-state index is 12.9. The molecule has 4 heteroatoms. The van der Waals surface area contributed by atoms with Crippen molar-refractivity contribution >= 4 is 0 Å². The average Bonchev–Trinajstić information content (AvgIpc) is 2.40. The highest BCUT2D eigenvalue weighted by atomic mass is 19.1. The maximum absolute atomic E-state index is 12.9. The summed E-state index contributed by atoms with van der Waals surface area (Å²) in [4.78, 5) is 2.13. The quantitative estimate of drug-likeness (QED) is 0.558. The number of hydrogen-bond acceptors (Lipinski definition) is 3. The highest BCUT2D eigenvalue weighted by molar-refractivity contribution is 5.16. The summed E-state index contributed by atoms with van der Waals surface area (Å²) in [6, 6.07) is 6.74. The van der Waals surface area contributed by atoms with Crippen molar-refractivity contribution in [3.8, 4) is 0 Å². The number of ether oxygens (including phenoxy) is 1. The SMILES string of the molecule is C=CCOCC(O)CN(Cc1ccc(F)cc1)C(C)C. The van der Waals surface area contributed by atoms with Gasteiger partial charge in [-0.1, -0.05) is 18.2 Å². The third kappa shape index (κ3) is 6.28. The Hall–Kier alpha value is -1.23. The molecule has 0 fully saturated rings. The Bertz CT molecular complexity index is 392. The van der Waals surface area contributed by atoms with Gasteiger partial charge in [0.2, 0.25) is 0 Å². The molecule has 0 heterocycles. The normalized spacial score (nSPS) is 12.9. The molecule has 1 rings (SSSR count). The number of nitrogens with zero attached hydrogens (tertiary/aromatic N) is 1. The van der Waals surface area contributed by atoms with Crippen LogP contribution >= 0.6 is 0 Å². The van der Waals surface area contributed by atoms with Gasteiger partial charge < -0.3 is 9.84 Å². The highest BCUT2D eigenvalue weighted by Crippen LogP contribution is 2.10. The second-order valence-corrected chi connectivity index (χ2v) is 5.13. The number of aliphatic hydroxyl groups excluding tert-OH is 1. The molecule has 20 heavy (non-hydrogen) atoms. The van der Waals surface area contributed by atoms with Crippen molar-refractivity contribution in [1.29, 1.82) is 0 Å². The standard InChI is InChI=1S/C16H24FNO2/c1-4-9-20-12-16(19)11-18(13(2)3)10-14-5-7-15(17)8-6-14/h4-8,13,16,19H,1,9-12H2,2-3H3. The summed E-state index contributed by atoms with van der Waals surface area (Å²) in [5.41, 5.74) is 1.03. The zero-order valence-corrected chi connectivity index (χ0v) is 12.3. The van der Waals surface area contributed by atoms with Crippen molar-refractivity contribution in [2.24, 2.45) is 0 Å². The van der Waals surface area contributed by atoms with Crippen LogP contribution in [-0.4, -0.2) is 41.9 Å². The smallest absolute Gasteiger partial charge is 0.123 e. The Morgan fingerprint density at radius 2 is 2.00 bits per heavy atom. The van der Waals surface area contributed by atoms with Crippen LogP contribution in [0.2, 0.25) is 0 Å². The third-order valence-corrected chi connectivity index (χ3v) is 3.02. The average molecular weight is 281 g/mol. The molecule has 1 aromatic rings. The van der Waals surface area contributed by atoms with Crippen LogP contribution in [0.1, 0.15) is 19.4 Å². The summed E-state index contributed by atoms with van der Waals surface area (Å²) >= 11 is 0. The van der Waals surface area contributed by atoms with E-state index in [-0.39, 0.29) is 11.9 Å². The molecule has 0 aliphatic rings. The van der Waals surface area contributed by atoms with Crippen LogP contribution in [0.3, 0.4) is 0 Å². The minimum atomic E-state index is -0.544. The summed E-state index contributed by atoms with van der Waals surface area (Å²) in [5.74, 6) is -0.234. The molecule has 0 saturated heterocycles. The monoisotopic (exact) mass is 281 g/mol. The van der Waals surface area contributed by atoms with E-state index in [9.17, 15) is 9.50 Å². The van der Waals surface area contributed by atoms with E-state index in [0.717, 1.165) is 5.56 Å². The van der Waals surface area contributed by atoms with E-state index in [1.165, 1.54) is 12.1 Å². The van der Waals surface area contributed by atoms with Gasteiger partial charge in [0, 0.05) is 19.1 Å². The van der Waals surface area contributed by atoms with Crippen LogP contribution in [0, 0.1) is 5.82 Å². The van der Waals surface area contributed by atoms with Crippen LogP contribution in [0.15, 0.2) is 36.9 Å². The first kappa shape index (κ1) is 16.8. The minimum Gasteiger partial charge on any atom is -0.389 e. The molecular formula is C16H24FNO2. The van der Waals surface area contributed by atoms with E-state index < -0.39 is 6.10 Å². The molecule has 1 N–H and O–H groups in total. The van der Waals surface area contributed by atoms with Crippen molar-refractivity contribution in [3.63, 3.8) is 0 Å². The van der Waals surface area contributed by atoms with Gasteiger partial charge in [-0.3, -0.25) is 4.90 Å². The molecule has 3 nitrogen and oxygen atoms in total. The van der Waals surface area contributed by atoms with Crippen molar-refractivity contribution < 1.29 is 14.2 Å². The predicted molar refractivity (Wildman–Crippen MR) is 79.0 cm³/mol. The Labute approximate surface area is 120 Å². The molecule has 0 aliphatic carbocycles. The Balaban J connectivity index is 2.51. The van der Waals surface area contributed by atoms with Crippen LogP contribution in [0.4, 0.5) is 4.39 Å². The summed E-state index contributed by atoms with van der Waals surface area (Å²) in [6.45, 7) is 9.63. The number of halogens is 1. The van der Waals surface area contributed by atoms with Gasteiger partial charge >= 0.3 is 0 Å². The van der Waals surface area contributed by atoms with Crippen molar-refractivity contribution in [3.05, 3.63) is 48.3 Å². The summed E-state index contributed by atoms with van der Waals surface area (Å²) in [5, 5.41) is 9.96. The van der Waals surface area contributed by atoms with Crippen molar-refractivity contribution in [1.82, 2.24) is 4.90 Å². The van der Waals surface area contributed by atoms with E-state index in [0.29, 0.717) is 26.3 Å². The van der Waals surface area contributed by atoms with Crippen molar-refractivity contribution in [2.45, 2.75) is 32.5 Å². The summed E-state index contributed by atoms with van der Waals surface area (Å²) < 4.78 is 18.1. The predicted octanol–water partition coefficient (Wildman–Crippen LogP) is 2.60. The first-order valence-corrected chi connectivity index (χ1v) is 6.88. The van der Waals surface area contributed by atoms with Gasteiger partial charge in [0.15, 0.2) is 0 Å². The molecule has 0 aliphatic heterocycles. The molecule has 0 aromatic heterocycles. The fourth-order valence-corrected chi connectivity index (χ4v) is 1.89. The lowest BCUT2D eigenvalue weighted by Gasteiger charge is -2.28. The fourth-order valence-electron chi connectivity index (χ4n) is 1.89. The van der Waals surface area contributed by atoms with Crippen LogP contribution in [0.5, 0.6) is 0 Å². The molecule has 0 saturated carbocycles. The molecule has 0 radical (unpaired) electrons. The van der Waals surface area contributed by atoms with Gasteiger partial charge in [-0.05, 0) is 31.5 Å². The topological polar surface area (TPSA) is 32.7 Å². The van der Waals surface area contributed by atoms with Gasteiger partial charge in [0.25, 0.3) is 0 Å². The largest absolute Gasteiger partial charge is 0.389 e. The number of aliphatic hydroxyl groups is 1. The van der Waals surface area contributed by atoms with Crippen molar-refractivity contribution in [2.75, 3.05) is 19.8 Å². The Morgan fingerprint density at radius 1 is 1.35 bits per heavy atom. The highest BCUT2D eigenvalue weighted by Gasteiger charge is 2.15. The van der Waals surface area contributed by atoms with Gasteiger partial charge in [0.1, 0.15) is 5.82 Å². The number of benzene rings is 1. The lowest BCUT2D eigenvalue weighted by atomic mass is 10.1. The second-order valence-electron chi connectivity index (χ2n) is 5.13. The summed E-state index contributed by atoms with van der Waals surface area (Å²) in [6.07, 6.45) is 1.11. The Kier molecular flexibility index (Phi) is 7.44. The van der Waals surface area contributed by atoms with E-state index in [4.69, 9.17) is 4.74 Å². The second kappa shape index (κ2) is 8.84. The summed E-state index contributed by atoms with van der Waals surface area (Å²) in [7, 11) is 0. The molecule has 112 valence electrons. The zero-order valence-electron chi connectivity index (χ0n) is 12.3. The molecular weight excluding hydrogens is 257 g/mol. The van der Waals surface area contributed by atoms with E-state index >= 15 is 0 Å². The van der Waals surface area contributed by atoms with Crippen LogP contribution in [-0.2, 0) is 11.3 Å². The molecule has 1 aromatic carbocycles.